The Kier molecular flexibility index (Phi) is 3.65. The Morgan fingerprint density at radius 3 is 1.60 bits per heavy atom. The Hall–Kier alpha value is -2.89. The van der Waals surface area contributed by atoms with Crippen LogP contribution in [0.1, 0.15) is 0 Å². The highest BCUT2D eigenvalue weighted by Gasteiger charge is 2.08. The van der Waals surface area contributed by atoms with E-state index in [2.05, 4.69) is 8.57 Å². The molecule has 0 spiro atoms. The molecule has 2 rings (SSSR count). The summed E-state index contributed by atoms with van der Waals surface area (Å²) < 4.78 is 21.3. The van der Waals surface area contributed by atoms with E-state index in [1.54, 1.807) is 0 Å². The van der Waals surface area contributed by atoms with E-state index < -0.39 is 33.9 Å². The molecule has 0 amide bonds. The van der Waals surface area contributed by atoms with E-state index in [9.17, 15) is 23.4 Å². The molecule has 20 heavy (non-hydrogen) atoms. The minimum atomic E-state index is -2.57. The van der Waals surface area contributed by atoms with Gasteiger partial charge in [0.2, 0.25) is 0 Å². The summed E-state index contributed by atoms with van der Waals surface area (Å²) in [6.07, 6.45) is 1.83. The highest BCUT2D eigenvalue weighted by atomic mass is 32.2. The van der Waals surface area contributed by atoms with Crippen molar-refractivity contribution in [3.63, 3.8) is 0 Å². The molecular formula is C8H6N4O7S. The molecule has 0 aliphatic carbocycles. The first-order valence-electron chi connectivity index (χ1n) is 4.89. The summed E-state index contributed by atoms with van der Waals surface area (Å²) in [4.78, 5) is 47.7. The van der Waals surface area contributed by atoms with Crippen molar-refractivity contribution in [1.82, 2.24) is 19.4 Å². The molecule has 106 valence electrons. The summed E-state index contributed by atoms with van der Waals surface area (Å²) >= 11 is -2.57. The maximum absolute atomic E-state index is 11.4. The molecule has 2 aromatic rings. The zero-order chi connectivity index (χ0) is 14.7. The Labute approximate surface area is 110 Å². The minimum absolute atomic E-state index is 0.439. The van der Waals surface area contributed by atoms with E-state index in [1.807, 2.05) is 9.97 Å². The molecule has 0 radical (unpaired) electrons. The molecule has 0 saturated carbocycles. The topological polar surface area (TPSA) is 145 Å². The summed E-state index contributed by atoms with van der Waals surface area (Å²) in [6.45, 7) is 0. The van der Waals surface area contributed by atoms with E-state index in [0.717, 1.165) is 24.5 Å². The molecule has 0 aliphatic rings. The average molecular weight is 302 g/mol. The van der Waals surface area contributed by atoms with Gasteiger partial charge in [-0.15, -0.1) is 9.46 Å². The first-order valence-corrected chi connectivity index (χ1v) is 5.89. The SMILES string of the molecule is O=c1ccn(OS(=O)On2ccc(=O)[nH]c2=O)c(=O)[nH]1. The van der Waals surface area contributed by atoms with Crippen molar-refractivity contribution in [2.75, 3.05) is 0 Å². The van der Waals surface area contributed by atoms with Crippen LogP contribution in [0.4, 0.5) is 0 Å². The van der Waals surface area contributed by atoms with Gasteiger partial charge in [0, 0.05) is 12.1 Å². The van der Waals surface area contributed by atoms with Gasteiger partial charge in [0.05, 0.1) is 12.4 Å². The first-order chi connectivity index (χ1) is 9.45. The van der Waals surface area contributed by atoms with Gasteiger partial charge in [-0.3, -0.25) is 28.1 Å². The molecule has 0 saturated heterocycles. The van der Waals surface area contributed by atoms with Crippen LogP contribution in [0.2, 0.25) is 0 Å². The van der Waals surface area contributed by atoms with E-state index in [-0.39, 0.29) is 0 Å². The second-order valence-electron chi connectivity index (χ2n) is 3.23. The van der Waals surface area contributed by atoms with Crippen molar-refractivity contribution in [3.8, 4) is 0 Å². The number of aromatic amines is 2. The van der Waals surface area contributed by atoms with Crippen LogP contribution in [-0.2, 0) is 11.4 Å². The molecule has 11 nitrogen and oxygen atoms in total. The third kappa shape index (κ3) is 3.11. The van der Waals surface area contributed by atoms with Gasteiger partial charge < -0.3 is 0 Å². The molecule has 0 aromatic carbocycles. The third-order valence-corrected chi connectivity index (χ3v) is 2.43. The highest BCUT2D eigenvalue weighted by molar-refractivity contribution is 7.75. The number of H-pyrrole nitrogens is 2. The van der Waals surface area contributed by atoms with Crippen molar-refractivity contribution < 1.29 is 12.8 Å². The predicted molar refractivity (Wildman–Crippen MR) is 63.9 cm³/mol. The maximum Gasteiger partial charge on any atom is 0.458 e. The molecule has 0 bridgehead atoms. The lowest BCUT2D eigenvalue weighted by atomic mass is 10.7. The number of nitrogens with one attached hydrogen (secondary N) is 2. The summed E-state index contributed by atoms with van der Waals surface area (Å²) in [5.74, 6) is 0. The molecule has 0 atom stereocenters. The monoisotopic (exact) mass is 302 g/mol. The summed E-state index contributed by atoms with van der Waals surface area (Å²) in [5.41, 5.74) is -3.30. The van der Waals surface area contributed by atoms with Crippen molar-refractivity contribution >= 4 is 11.4 Å². The number of hydrogen-bond donors (Lipinski definition) is 2. The lowest BCUT2D eigenvalue weighted by molar-refractivity contribution is 0.196. The summed E-state index contributed by atoms with van der Waals surface area (Å²) in [5, 5.41) is 0. The van der Waals surface area contributed by atoms with Crippen LogP contribution in [0.15, 0.2) is 43.7 Å². The zero-order valence-corrected chi connectivity index (χ0v) is 10.3. The van der Waals surface area contributed by atoms with Gasteiger partial charge in [0.15, 0.2) is 0 Å². The first kappa shape index (κ1) is 13.5. The smallest absolute Gasteiger partial charge is 0.271 e. The van der Waals surface area contributed by atoms with E-state index in [4.69, 9.17) is 0 Å². The Morgan fingerprint density at radius 2 is 1.25 bits per heavy atom. The quantitative estimate of drug-likeness (QED) is 0.596. The molecule has 0 aliphatic heterocycles. The maximum atomic E-state index is 11.4. The fourth-order valence-corrected chi connectivity index (χ4v) is 1.60. The fourth-order valence-electron chi connectivity index (χ4n) is 1.07. The van der Waals surface area contributed by atoms with E-state index in [1.165, 1.54) is 0 Å². The van der Waals surface area contributed by atoms with Crippen LogP contribution in [-0.4, -0.2) is 23.6 Å². The Morgan fingerprint density at radius 1 is 0.850 bits per heavy atom. The van der Waals surface area contributed by atoms with Crippen LogP contribution in [0.5, 0.6) is 0 Å². The summed E-state index contributed by atoms with van der Waals surface area (Å²) in [7, 11) is 0. The van der Waals surface area contributed by atoms with Gasteiger partial charge in [0.25, 0.3) is 11.1 Å². The highest BCUT2D eigenvalue weighted by Crippen LogP contribution is 1.79. The summed E-state index contributed by atoms with van der Waals surface area (Å²) in [6, 6.07) is 1.90. The lowest BCUT2D eigenvalue weighted by Crippen LogP contribution is -2.39. The number of aromatic nitrogens is 4. The number of nitrogens with zero attached hydrogens (tertiary/aromatic N) is 2. The van der Waals surface area contributed by atoms with Crippen LogP contribution < -0.4 is 31.1 Å². The van der Waals surface area contributed by atoms with Crippen molar-refractivity contribution in [2.24, 2.45) is 0 Å². The van der Waals surface area contributed by atoms with Gasteiger partial charge in [-0.1, -0.05) is 0 Å². The normalized spacial score (nSPS) is 10.4. The van der Waals surface area contributed by atoms with Crippen LogP contribution >= 0.6 is 0 Å². The minimum Gasteiger partial charge on any atom is -0.271 e. The van der Waals surface area contributed by atoms with Crippen molar-refractivity contribution in [3.05, 3.63) is 66.2 Å². The fraction of sp³-hybridized carbons (Fsp3) is 0. The molecule has 0 fully saturated rings. The van der Waals surface area contributed by atoms with Crippen LogP contribution in [0.3, 0.4) is 0 Å². The molecule has 2 N–H and O–H groups in total. The largest absolute Gasteiger partial charge is 0.458 e. The van der Waals surface area contributed by atoms with Crippen LogP contribution in [0.25, 0.3) is 0 Å². The number of rotatable bonds is 4. The van der Waals surface area contributed by atoms with Gasteiger partial charge in [-0.2, -0.15) is 4.21 Å². The zero-order valence-electron chi connectivity index (χ0n) is 9.47. The molecule has 0 unspecified atom stereocenters. The van der Waals surface area contributed by atoms with Crippen LogP contribution in [0, 0.1) is 0 Å². The third-order valence-electron chi connectivity index (χ3n) is 1.87. The second-order valence-corrected chi connectivity index (χ2v) is 3.93. The van der Waals surface area contributed by atoms with E-state index in [0.29, 0.717) is 9.46 Å². The predicted octanol–water partition coefficient (Wildman–Crippen LogP) is -3.48. The van der Waals surface area contributed by atoms with Gasteiger partial charge in [-0.25, -0.2) is 9.59 Å². The molecule has 12 heteroatoms. The van der Waals surface area contributed by atoms with Gasteiger partial charge in [-0.05, 0) is 0 Å². The lowest BCUT2D eigenvalue weighted by Gasteiger charge is -2.06. The Balaban J connectivity index is 2.17. The number of hydrogen-bond acceptors (Lipinski definition) is 7. The molecular weight excluding hydrogens is 296 g/mol. The second kappa shape index (κ2) is 5.40. The van der Waals surface area contributed by atoms with Crippen molar-refractivity contribution in [1.29, 1.82) is 0 Å². The van der Waals surface area contributed by atoms with Gasteiger partial charge in [0.1, 0.15) is 0 Å². The van der Waals surface area contributed by atoms with Gasteiger partial charge >= 0.3 is 22.7 Å². The van der Waals surface area contributed by atoms with Crippen molar-refractivity contribution in [2.45, 2.75) is 0 Å². The average Bonchev–Trinajstić information content (AvgIpc) is 2.36. The molecule has 2 heterocycles. The standard InChI is InChI=1S/C8H6N4O7S/c13-5-1-3-11(7(15)9-5)18-20(17)19-12-4-2-6(14)10-8(12)16/h1-4H,(H,9,13,15)(H,10,14,16). The molecule has 2 aromatic heterocycles. The Bertz CT molecular complexity index is 804. The van der Waals surface area contributed by atoms with E-state index >= 15 is 0 Å².